The van der Waals surface area contributed by atoms with Crippen LogP contribution in [0.5, 0.6) is 11.5 Å². The number of carbonyl (C=O) groups excluding carboxylic acids is 1. The van der Waals surface area contributed by atoms with E-state index in [2.05, 4.69) is 12.2 Å². The van der Waals surface area contributed by atoms with Crippen LogP contribution in [0.25, 0.3) is 0 Å². The van der Waals surface area contributed by atoms with E-state index in [9.17, 15) is 4.79 Å². The molecule has 1 unspecified atom stereocenters. The molecule has 126 valence electrons. The van der Waals surface area contributed by atoms with E-state index in [4.69, 9.17) is 15.2 Å². The third kappa shape index (κ3) is 3.44. The quantitative estimate of drug-likeness (QED) is 0.874. The molecule has 5 heteroatoms. The Balaban J connectivity index is 1.71. The van der Waals surface area contributed by atoms with Gasteiger partial charge in [0.1, 0.15) is 13.2 Å². The lowest BCUT2D eigenvalue weighted by atomic mass is 9.94. The fourth-order valence-corrected chi connectivity index (χ4v) is 3.64. The van der Waals surface area contributed by atoms with Crippen molar-refractivity contribution in [3.8, 4) is 11.5 Å². The van der Waals surface area contributed by atoms with E-state index in [-0.39, 0.29) is 17.9 Å². The van der Waals surface area contributed by atoms with Gasteiger partial charge >= 0.3 is 0 Å². The van der Waals surface area contributed by atoms with Gasteiger partial charge in [0.05, 0.1) is 6.04 Å². The number of benzene rings is 1. The van der Waals surface area contributed by atoms with Crippen molar-refractivity contribution < 1.29 is 14.3 Å². The Morgan fingerprint density at radius 3 is 2.83 bits per heavy atom. The molecule has 23 heavy (non-hydrogen) atoms. The van der Waals surface area contributed by atoms with E-state index in [1.165, 1.54) is 0 Å². The molecular weight excluding hydrogens is 292 g/mol. The first-order chi connectivity index (χ1) is 11.2. The first-order valence-electron chi connectivity index (χ1n) is 8.63. The highest BCUT2D eigenvalue weighted by atomic mass is 16.6. The number of nitrogens with two attached hydrogens (primary N) is 1. The maximum absolute atomic E-state index is 12.6. The van der Waals surface area contributed by atoms with Gasteiger partial charge < -0.3 is 20.5 Å². The molecular formula is C18H26N2O3. The first kappa shape index (κ1) is 16.1. The minimum atomic E-state index is -0.00245. The van der Waals surface area contributed by atoms with Crippen molar-refractivity contribution in [3.63, 3.8) is 0 Å². The summed E-state index contributed by atoms with van der Waals surface area (Å²) in [5.41, 5.74) is 6.86. The van der Waals surface area contributed by atoms with Crippen molar-refractivity contribution in [3.05, 3.63) is 23.8 Å². The maximum Gasteiger partial charge on any atom is 0.223 e. The molecule has 1 amide bonds. The molecule has 1 aromatic rings. The van der Waals surface area contributed by atoms with E-state index < -0.39 is 0 Å². The molecule has 3 atom stereocenters. The summed E-state index contributed by atoms with van der Waals surface area (Å²) in [7, 11) is 0. The number of fused-ring (bicyclic) bond motifs is 1. The molecule has 1 aliphatic heterocycles. The Kier molecular flexibility index (Phi) is 5.06. The van der Waals surface area contributed by atoms with Gasteiger partial charge in [-0.1, -0.05) is 19.4 Å². The molecule has 1 aliphatic carbocycles. The normalized spacial score (nSPS) is 24.3. The number of ether oxygens (including phenoxy) is 2. The van der Waals surface area contributed by atoms with Crippen molar-refractivity contribution in [2.75, 3.05) is 19.8 Å². The van der Waals surface area contributed by atoms with Crippen molar-refractivity contribution >= 4 is 5.91 Å². The molecule has 3 rings (SSSR count). The summed E-state index contributed by atoms with van der Waals surface area (Å²) in [6.45, 7) is 3.83. The Morgan fingerprint density at radius 2 is 2.09 bits per heavy atom. The van der Waals surface area contributed by atoms with Crippen LogP contribution in [0.4, 0.5) is 0 Å². The van der Waals surface area contributed by atoms with Gasteiger partial charge in [-0.15, -0.1) is 0 Å². The number of hydrogen-bond donors (Lipinski definition) is 2. The van der Waals surface area contributed by atoms with Crippen molar-refractivity contribution in [1.29, 1.82) is 0 Å². The molecule has 0 saturated heterocycles. The first-order valence-corrected chi connectivity index (χ1v) is 8.63. The molecule has 2 aliphatic rings. The molecule has 1 fully saturated rings. The zero-order valence-electron chi connectivity index (χ0n) is 13.7. The van der Waals surface area contributed by atoms with Gasteiger partial charge in [0.25, 0.3) is 0 Å². The third-order valence-corrected chi connectivity index (χ3v) is 4.99. The van der Waals surface area contributed by atoms with E-state index in [1.807, 2.05) is 18.2 Å². The van der Waals surface area contributed by atoms with Crippen LogP contribution in [0.3, 0.4) is 0 Å². The van der Waals surface area contributed by atoms with Gasteiger partial charge in [0, 0.05) is 5.92 Å². The highest BCUT2D eigenvalue weighted by Gasteiger charge is 2.33. The van der Waals surface area contributed by atoms with Gasteiger partial charge in [0.2, 0.25) is 5.91 Å². The number of carbonyl (C=O) groups is 1. The van der Waals surface area contributed by atoms with Crippen molar-refractivity contribution in [2.45, 2.75) is 38.6 Å². The van der Waals surface area contributed by atoms with Gasteiger partial charge in [0.15, 0.2) is 11.5 Å². The third-order valence-electron chi connectivity index (χ3n) is 4.99. The lowest BCUT2D eigenvalue weighted by Gasteiger charge is -2.24. The average Bonchev–Trinajstić information content (AvgIpc) is 3.08. The summed E-state index contributed by atoms with van der Waals surface area (Å²) in [4.78, 5) is 12.6. The van der Waals surface area contributed by atoms with Crippen LogP contribution in [0.2, 0.25) is 0 Å². The predicted molar refractivity (Wildman–Crippen MR) is 88.5 cm³/mol. The SMILES string of the molecule is CCC(NC(=O)[C@@H]1CCC[C@@H]1CN)c1ccc2c(c1)OCCO2. The summed E-state index contributed by atoms with van der Waals surface area (Å²) < 4.78 is 11.2. The van der Waals surface area contributed by atoms with Gasteiger partial charge in [-0.05, 0) is 49.4 Å². The van der Waals surface area contributed by atoms with Crippen LogP contribution in [-0.2, 0) is 4.79 Å². The number of rotatable bonds is 5. The summed E-state index contributed by atoms with van der Waals surface area (Å²) in [6, 6.07) is 5.92. The number of nitrogens with one attached hydrogen (secondary N) is 1. The van der Waals surface area contributed by atoms with Crippen LogP contribution in [0, 0.1) is 11.8 Å². The highest BCUT2D eigenvalue weighted by molar-refractivity contribution is 5.79. The van der Waals surface area contributed by atoms with Crippen LogP contribution in [0.1, 0.15) is 44.2 Å². The number of amides is 1. The monoisotopic (exact) mass is 318 g/mol. The van der Waals surface area contributed by atoms with Gasteiger partial charge in [-0.2, -0.15) is 0 Å². The number of hydrogen-bond acceptors (Lipinski definition) is 4. The molecule has 1 saturated carbocycles. The topological polar surface area (TPSA) is 73.6 Å². The maximum atomic E-state index is 12.6. The van der Waals surface area contributed by atoms with E-state index >= 15 is 0 Å². The van der Waals surface area contributed by atoms with E-state index in [0.29, 0.717) is 25.7 Å². The molecule has 3 N–H and O–H groups in total. The fraction of sp³-hybridized carbons (Fsp3) is 0.611. The summed E-state index contributed by atoms with van der Waals surface area (Å²) in [5, 5.41) is 3.21. The Hall–Kier alpha value is -1.75. The van der Waals surface area contributed by atoms with Crippen LogP contribution < -0.4 is 20.5 Å². The van der Waals surface area contributed by atoms with Crippen LogP contribution in [0.15, 0.2) is 18.2 Å². The Bertz CT molecular complexity index is 561. The summed E-state index contributed by atoms with van der Waals surface area (Å²) in [6.07, 6.45) is 3.95. The Morgan fingerprint density at radius 1 is 1.30 bits per heavy atom. The zero-order valence-corrected chi connectivity index (χ0v) is 13.7. The van der Waals surface area contributed by atoms with Crippen LogP contribution in [-0.4, -0.2) is 25.7 Å². The molecule has 5 nitrogen and oxygen atoms in total. The molecule has 0 radical (unpaired) electrons. The second-order valence-corrected chi connectivity index (χ2v) is 6.41. The van der Waals surface area contributed by atoms with Crippen molar-refractivity contribution in [1.82, 2.24) is 5.32 Å². The lowest BCUT2D eigenvalue weighted by Crippen LogP contribution is -2.37. The summed E-state index contributed by atoms with van der Waals surface area (Å²) in [5.74, 6) is 2.07. The Labute approximate surface area is 137 Å². The molecule has 0 bridgehead atoms. The summed E-state index contributed by atoms with van der Waals surface area (Å²) >= 11 is 0. The second kappa shape index (κ2) is 7.21. The smallest absolute Gasteiger partial charge is 0.223 e. The highest BCUT2D eigenvalue weighted by Crippen LogP contribution is 2.35. The van der Waals surface area contributed by atoms with Crippen LogP contribution >= 0.6 is 0 Å². The average molecular weight is 318 g/mol. The molecule has 1 aromatic carbocycles. The van der Waals surface area contributed by atoms with E-state index in [1.54, 1.807) is 0 Å². The van der Waals surface area contributed by atoms with Gasteiger partial charge in [-0.3, -0.25) is 4.79 Å². The molecule has 0 spiro atoms. The lowest BCUT2D eigenvalue weighted by molar-refractivity contribution is -0.126. The predicted octanol–water partition coefficient (Wildman–Crippen LogP) is 2.40. The molecule has 1 heterocycles. The minimum absolute atomic E-state index is 0.00245. The van der Waals surface area contributed by atoms with E-state index in [0.717, 1.165) is 42.7 Å². The zero-order chi connectivity index (χ0) is 16.2. The van der Waals surface area contributed by atoms with Crippen molar-refractivity contribution in [2.24, 2.45) is 17.6 Å². The fourth-order valence-electron chi connectivity index (χ4n) is 3.64. The second-order valence-electron chi connectivity index (χ2n) is 6.41. The minimum Gasteiger partial charge on any atom is -0.486 e. The standard InChI is InChI=1S/C18H26N2O3/c1-2-15(20-18(21)14-5-3-4-13(14)11-19)12-6-7-16-17(10-12)23-9-8-22-16/h6-7,10,13-15H,2-5,8-9,11,19H2,1H3,(H,20,21)/t13-,14-,15?/m1/s1. The molecule has 0 aromatic heterocycles. The largest absolute Gasteiger partial charge is 0.486 e. The van der Waals surface area contributed by atoms with Gasteiger partial charge in [-0.25, -0.2) is 0 Å².